The van der Waals surface area contributed by atoms with Crippen molar-refractivity contribution in [2.24, 2.45) is 5.73 Å². The summed E-state index contributed by atoms with van der Waals surface area (Å²) in [5.74, 6) is 0. The molecule has 13 heavy (non-hydrogen) atoms. The van der Waals surface area contributed by atoms with Crippen LogP contribution >= 0.6 is 0 Å². The molecule has 0 aromatic heterocycles. The number of rotatable bonds is 1. The Hall–Kier alpha value is -0.150. The van der Waals surface area contributed by atoms with Gasteiger partial charge in [-0.2, -0.15) is 0 Å². The maximum atomic E-state index is 13.4. The fourth-order valence-electron chi connectivity index (χ4n) is 2.54. The highest BCUT2D eigenvalue weighted by Crippen LogP contribution is 2.39. The zero-order chi connectivity index (χ0) is 9.90. The molecule has 2 aliphatic rings. The molecule has 2 unspecified atom stereocenters. The number of nitrogens with two attached hydrogens (primary N) is 1. The molecule has 2 fully saturated rings. The van der Waals surface area contributed by atoms with Crippen LogP contribution in [-0.4, -0.2) is 36.2 Å². The lowest BCUT2D eigenvalue weighted by Gasteiger charge is -2.31. The number of nitrogens with zero attached hydrogens (tertiary/aromatic N) is 1. The summed E-state index contributed by atoms with van der Waals surface area (Å²) in [6, 6.07) is 0. The van der Waals surface area contributed by atoms with E-state index in [1.807, 2.05) is 13.8 Å². The third-order valence-corrected chi connectivity index (χ3v) is 3.26. The van der Waals surface area contributed by atoms with Gasteiger partial charge in [0.2, 0.25) is 0 Å². The molecule has 0 aromatic carbocycles. The lowest BCUT2D eigenvalue weighted by molar-refractivity contribution is 0.126. The van der Waals surface area contributed by atoms with Crippen LogP contribution in [0.25, 0.3) is 0 Å². The fraction of sp³-hybridized carbons (Fsp3) is 1.00. The molecule has 0 amide bonds. The summed E-state index contributed by atoms with van der Waals surface area (Å²) in [4.78, 5) is 2.23. The van der Waals surface area contributed by atoms with Gasteiger partial charge in [0, 0.05) is 13.1 Å². The largest absolute Gasteiger partial charge is 0.329 e. The van der Waals surface area contributed by atoms with E-state index in [1.165, 1.54) is 0 Å². The Kier molecular flexibility index (Phi) is 3.68. The molecule has 2 rings (SSSR count). The van der Waals surface area contributed by atoms with Gasteiger partial charge in [-0.25, -0.2) is 4.39 Å². The molecule has 2 atom stereocenters. The molecular formula is C10H21FN2. The Bertz CT molecular complexity index is 163. The van der Waals surface area contributed by atoms with Crippen molar-refractivity contribution >= 4 is 0 Å². The molecule has 0 aliphatic carbocycles. The van der Waals surface area contributed by atoms with Crippen LogP contribution in [0.15, 0.2) is 0 Å². The molecule has 2 saturated heterocycles. The van der Waals surface area contributed by atoms with Gasteiger partial charge in [-0.05, 0) is 25.8 Å². The molecule has 0 saturated carbocycles. The first-order valence-electron chi connectivity index (χ1n) is 5.39. The van der Waals surface area contributed by atoms with Gasteiger partial charge in [-0.15, -0.1) is 0 Å². The molecule has 78 valence electrons. The lowest BCUT2D eigenvalue weighted by Crippen LogP contribution is -2.50. The van der Waals surface area contributed by atoms with E-state index < -0.39 is 6.17 Å². The van der Waals surface area contributed by atoms with Gasteiger partial charge in [0.15, 0.2) is 0 Å². The van der Waals surface area contributed by atoms with E-state index in [0.717, 1.165) is 25.9 Å². The highest BCUT2D eigenvalue weighted by molar-refractivity contribution is 5.06. The minimum atomic E-state index is -0.671. The normalized spacial score (nSPS) is 38.3. The van der Waals surface area contributed by atoms with Gasteiger partial charge < -0.3 is 5.73 Å². The average Bonchev–Trinajstić information content (AvgIpc) is 2.71. The zero-order valence-electron chi connectivity index (χ0n) is 8.72. The van der Waals surface area contributed by atoms with Crippen LogP contribution in [0.2, 0.25) is 0 Å². The molecule has 0 spiro atoms. The van der Waals surface area contributed by atoms with Crippen LogP contribution < -0.4 is 5.73 Å². The molecule has 0 bridgehead atoms. The molecule has 0 aromatic rings. The van der Waals surface area contributed by atoms with Crippen LogP contribution in [0.4, 0.5) is 4.39 Å². The van der Waals surface area contributed by atoms with Crippen molar-refractivity contribution in [3.8, 4) is 0 Å². The predicted molar refractivity (Wildman–Crippen MR) is 53.5 cm³/mol. The molecule has 3 heteroatoms. The van der Waals surface area contributed by atoms with Crippen LogP contribution in [0.1, 0.15) is 33.1 Å². The van der Waals surface area contributed by atoms with Crippen molar-refractivity contribution < 1.29 is 4.39 Å². The summed E-state index contributed by atoms with van der Waals surface area (Å²) < 4.78 is 13.4. The fourth-order valence-corrected chi connectivity index (χ4v) is 2.54. The third kappa shape index (κ3) is 1.59. The zero-order valence-corrected chi connectivity index (χ0v) is 8.72. The van der Waals surface area contributed by atoms with E-state index in [9.17, 15) is 4.39 Å². The van der Waals surface area contributed by atoms with E-state index in [-0.39, 0.29) is 5.54 Å². The van der Waals surface area contributed by atoms with Gasteiger partial charge in [-0.1, -0.05) is 13.8 Å². The maximum absolute atomic E-state index is 13.4. The van der Waals surface area contributed by atoms with E-state index in [1.54, 1.807) is 0 Å². The van der Waals surface area contributed by atoms with Crippen LogP contribution in [0.5, 0.6) is 0 Å². The average molecular weight is 188 g/mol. The molecule has 0 radical (unpaired) electrons. The summed E-state index contributed by atoms with van der Waals surface area (Å²) >= 11 is 0. The quantitative estimate of drug-likeness (QED) is 0.676. The predicted octanol–water partition coefficient (Wildman–Crippen LogP) is 1.55. The first kappa shape index (κ1) is 10.9. The summed E-state index contributed by atoms with van der Waals surface area (Å²) in [7, 11) is 0. The lowest BCUT2D eigenvalue weighted by atomic mass is 9.93. The van der Waals surface area contributed by atoms with Crippen molar-refractivity contribution in [1.29, 1.82) is 0 Å². The van der Waals surface area contributed by atoms with Crippen molar-refractivity contribution in [2.45, 2.75) is 44.8 Å². The third-order valence-electron chi connectivity index (χ3n) is 3.26. The second kappa shape index (κ2) is 4.38. The Labute approximate surface area is 80.3 Å². The van der Waals surface area contributed by atoms with Crippen molar-refractivity contribution in [3.05, 3.63) is 0 Å². The number of hydrogen-bond acceptors (Lipinski definition) is 2. The second-order valence-electron chi connectivity index (χ2n) is 3.65. The Balaban J connectivity index is 0.000000396. The highest BCUT2D eigenvalue weighted by atomic mass is 19.1. The number of halogens is 1. The smallest absolute Gasteiger partial charge is 0.121 e. The van der Waals surface area contributed by atoms with E-state index in [0.29, 0.717) is 13.0 Å². The molecule has 2 aliphatic heterocycles. The van der Waals surface area contributed by atoms with Crippen molar-refractivity contribution in [1.82, 2.24) is 4.90 Å². The molecule has 2 N–H and O–H groups in total. The number of hydrogen-bond donors (Lipinski definition) is 1. The molecular weight excluding hydrogens is 167 g/mol. The molecule has 2 heterocycles. The summed E-state index contributed by atoms with van der Waals surface area (Å²) in [5.41, 5.74) is 5.37. The van der Waals surface area contributed by atoms with Crippen LogP contribution in [-0.2, 0) is 0 Å². The Morgan fingerprint density at radius 3 is 2.69 bits per heavy atom. The van der Waals surface area contributed by atoms with Crippen molar-refractivity contribution in [3.63, 3.8) is 0 Å². The van der Waals surface area contributed by atoms with Crippen molar-refractivity contribution in [2.75, 3.05) is 19.6 Å². The standard InChI is InChI=1S/C8H15FN2.C2H6/c9-7-2-5-11-4-1-3-8(7,11)6-10;1-2/h7H,1-6,10H2;1-2H3. The van der Waals surface area contributed by atoms with Gasteiger partial charge in [0.05, 0.1) is 5.54 Å². The first-order chi connectivity index (χ1) is 6.29. The van der Waals surface area contributed by atoms with Gasteiger partial charge in [0.25, 0.3) is 0 Å². The van der Waals surface area contributed by atoms with Gasteiger partial charge in [-0.3, -0.25) is 4.90 Å². The van der Waals surface area contributed by atoms with Crippen LogP contribution in [0.3, 0.4) is 0 Å². The second-order valence-corrected chi connectivity index (χ2v) is 3.65. The molecule has 2 nitrogen and oxygen atoms in total. The van der Waals surface area contributed by atoms with E-state index in [2.05, 4.69) is 4.90 Å². The summed E-state index contributed by atoms with van der Waals surface area (Å²) in [6.07, 6.45) is 2.11. The first-order valence-corrected chi connectivity index (χ1v) is 5.39. The number of alkyl halides is 1. The van der Waals surface area contributed by atoms with Crippen LogP contribution in [0, 0.1) is 0 Å². The maximum Gasteiger partial charge on any atom is 0.121 e. The monoisotopic (exact) mass is 188 g/mol. The summed E-state index contributed by atoms with van der Waals surface area (Å²) in [6.45, 7) is 6.46. The summed E-state index contributed by atoms with van der Waals surface area (Å²) in [5, 5.41) is 0. The Morgan fingerprint density at radius 2 is 2.15 bits per heavy atom. The highest BCUT2D eigenvalue weighted by Gasteiger charge is 2.50. The minimum Gasteiger partial charge on any atom is -0.329 e. The minimum absolute atomic E-state index is 0.250. The topological polar surface area (TPSA) is 29.3 Å². The van der Waals surface area contributed by atoms with Gasteiger partial charge in [0.1, 0.15) is 6.17 Å². The van der Waals surface area contributed by atoms with Gasteiger partial charge >= 0.3 is 0 Å². The van der Waals surface area contributed by atoms with E-state index in [4.69, 9.17) is 5.73 Å². The number of fused-ring (bicyclic) bond motifs is 1. The SMILES string of the molecule is CC.NCC12CCCN1CCC2F. The van der Waals surface area contributed by atoms with E-state index >= 15 is 0 Å². The Morgan fingerprint density at radius 1 is 1.46 bits per heavy atom.